The third kappa shape index (κ3) is 5.69. The first-order valence-electron chi connectivity index (χ1n) is 14.4. The van der Waals surface area contributed by atoms with E-state index in [2.05, 4.69) is 10.3 Å². The van der Waals surface area contributed by atoms with Crippen LogP contribution in [-0.2, 0) is 4.79 Å². The zero-order valence-corrected chi connectivity index (χ0v) is 23.6. The summed E-state index contributed by atoms with van der Waals surface area (Å²) in [6.07, 6.45) is 6.69. The lowest BCUT2D eigenvalue weighted by molar-refractivity contribution is -0.119. The molecule has 0 unspecified atom stereocenters. The van der Waals surface area contributed by atoms with Crippen LogP contribution in [0, 0.1) is 12.8 Å². The summed E-state index contributed by atoms with van der Waals surface area (Å²) < 4.78 is 13.3. The molecule has 2 amide bonds. The number of anilines is 1. The molecule has 1 aliphatic carbocycles. The van der Waals surface area contributed by atoms with Crippen molar-refractivity contribution >= 4 is 28.4 Å². The maximum atomic E-state index is 13.9. The topological polar surface area (TPSA) is 103 Å². The fourth-order valence-corrected chi connectivity index (χ4v) is 5.83. The van der Waals surface area contributed by atoms with Crippen LogP contribution >= 0.6 is 0 Å². The summed E-state index contributed by atoms with van der Waals surface area (Å²) in [7, 11) is 0. The molecule has 212 valence electrons. The number of amides is 2. The predicted octanol–water partition coefficient (Wildman–Crippen LogP) is 5.11. The monoisotopic (exact) mass is 546 g/mol. The molecule has 0 bridgehead atoms. The Morgan fingerprint density at radius 2 is 1.65 bits per heavy atom. The Hall–Kier alpha value is -3.88. The van der Waals surface area contributed by atoms with Gasteiger partial charge in [0, 0.05) is 31.1 Å². The van der Waals surface area contributed by atoms with Crippen molar-refractivity contribution in [2.75, 3.05) is 31.6 Å². The third-order valence-corrected chi connectivity index (χ3v) is 7.98. The van der Waals surface area contributed by atoms with Gasteiger partial charge in [0.05, 0.1) is 41.7 Å². The molecule has 1 saturated carbocycles. The van der Waals surface area contributed by atoms with Gasteiger partial charge in [0.1, 0.15) is 0 Å². The van der Waals surface area contributed by atoms with E-state index in [1.165, 1.54) is 0 Å². The second-order valence-corrected chi connectivity index (χ2v) is 10.7. The number of carbonyl (C=O) groups excluding carboxylic acids is 2. The highest BCUT2D eigenvalue weighted by atomic mass is 16.5. The summed E-state index contributed by atoms with van der Waals surface area (Å²) in [5, 5.41) is 3.64. The molecule has 9 heteroatoms. The molecule has 1 aromatic heterocycles. The number of carbonyl (C=O) groups is 2. The van der Waals surface area contributed by atoms with E-state index in [-0.39, 0.29) is 29.3 Å². The molecule has 0 spiro atoms. The minimum Gasteiger partial charge on any atom is -0.490 e. The van der Waals surface area contributed by atoms with Gasteiger partial charge in [0.15, 0.2) is 11.5 Å². The maximum absolute atomic E-state index is 13.9. The smallest absolute Gasteiger partial charge is 0.261 e. The molecule has 0 radical (unpaired) electrons. The average molecular weight is 547 g/mol. The Kier molecular flexibility index (Phi) is 8.38. The number of aromatic nitrogens is 2. The van der Waals surface area contributed by atoms with E-state index in [4.69, 9.17) is 9.47 Å². The summed E-state index contributed by atoms with van der Waals surface area (Å²) in [4.78, 5) is 46.4. The Balaban J connectivity index is 1.38. The number of rotatable bonds is 8. The van der Waals surface area contributed by atoms with Gasteiger partial charge < -0.3 is 19.7 Å². The van der Waals surface area contributed by atoms with Gasteiger partial charge in [-0.1, -0.05) is 24.5 Å². The summed E-state index contributed by atoms with van der Waals surface area (Å²) in [6.45, 7) is 7.53. The van der Waals surface area contributed by atoms with Crippen LogP contribution < -0.4 is 20.3 Å². The van der Waals surface area contributed by atoms with Crippen molar-refractivity contribution in [3.05, 3.63) is 58.1 Å². The highest BCUT2D eigenvalue weighted by Gasteiger charge is 2.30. The Morgan fingerprint density at radius 3 is 2.33 bits per heavy atom. The van der Waals surface area contributed by atoms with Gasteiger partial charge in [-0.15, -0.1) is 0 Å². The number of hydrogen-bond donors (Lipinski definition) is 1. The van der Waals surface area contributed by atoms with Crippen LogP contribution in [0.25, 0.3) is 10.9 Å². The number of aryl methyl sites for hydroxylation is 1. The second-order valence-electron chi connectivity index (χ2n) is 10.7. The molecule has 5 rings (SSSR count). The van der Waals surface area contributed by atoms with Gasteiger partial charge in [-0.2, -0.15) is 0 Å². The molecule has 0 atom stereocenters. The minimum atomic E-state index is -0.177. The largest absolute Gasteiger partial charge is 0.490 e. The second kappa shape index (κ2) is 12.1. The van der Waals surface area contributed by atoms with E-state index in [0.29, 0.717) is 72.8 Å². The number of fused-ring (bicyclic) bond motifs is 1. The number of benzene rings is 2. The molecule has 9 nitrogen and oxygen atoms in total. The quantitative estimate of drug-likeness (QED) is 0.421. The van der Waals surface area contributed by atoms with Crippen LogP contribution in [0.1, 0.15) is 74.3 Å². The average Bonchev–Trinajstić information content (AvgIpc) is 3.50. The van der Waals surface area contributed by atoms with Gasteiger partial charge in [-0.05, 0) is 64.7 Å². The third-order valence-electron chi connectivity index (χ3n) is 7.98. The van der Waals surface area contributed by atoms with Gasteiger partial charge in [-0.25, -0.2) is 4.98 Å². The number of ether oxygens (including phenoxy) is 2. The Morgan fingerprint density at radius 1 is 0.975 bits per heavy atom. The van der Waals surface area contributed by atoms with E-state index in [0.717, 1.165) is 31.2 Å². The van der Waals surface area contributed by atoms with Crippen molar-refractivity contribution < 1.29 is 19.1 Å². The lowest BCUT2D eigenvalue weighted by atomic mass is 10.0. The fraction of sp³-hybridized carbons (Fsp3) is 0.484. The zero-order chi connectivity index (χ0) is 28.2. The number of piperidine rings is 1. The Labute approximate surface area is 234 Å². The molecular weight excluding hydrogens is 508 g/mol. The van der Waals surface area contributed by atoms with Crippen molar-refractivity contribution in [3.63, 3.8) is 0 Å². The van der Waals surface area contributed by atoms with Crippen molar-refractivity contribution in [3.8, 4) is 11.5 Å². The number of nitrogens with one attached hydrogen (secondary N) is 1. The Bertz CT molecular complexity index is 1450. The molecule has 1 saturated heterocycles. The van der Waals surface area contributed by atoms with Gasteiger partial charge in [0.2, 0.25) is 5.91 Å². The zero-order valence-electron chi connectivity index (χ0n) is 23.6. The van der Waals surface area contributed by atoms with Crippen molar-refractivity contribution in [1.82, 2.24) is 14.5 Å². The highest BCUT2D eigenvalue weighted by Crippen LogP contribution is 2.36. The summed E-state index contributed by atoms with van der Waals surface area (Å²) in [5.41, 5.74) is 2.48. The van der Waals surface area contributed by atoms with Crippen LogP contribution in [-0.4, -0.2) is 52.6 Å². The van der Waals surface area contributed by atoms with E-state index in [1.54, 1.807) is 27.9 Å². The molecule has 2 fully saturated rings. The normalized spacial score (nSPS) is 16.3. The van der Waals surface area contributed by atoms with E-state index < -0.39 is 0 Å². The first-order chi connectivity index (χ1) is 19.4. The van der Waals surface area contributed by atoms with E-state index >= 15 is 0 Å². The van der Waals surface area contributed by atoms with Gasteiger partial charge in [-0.3, -0.25) is 19.0 Å². The van der Waals surface area contributed by atoms with Crippen molar-refractivity contribution in [1.29, 1.82) is 0 Å². The first kappa shape index (κ1) is 27.7. The SMILES string of the molecule is CCOc1cc(NC(=O)C2CCCC2)c(C(=O)N2CCC(n3cnc4ccc(C)cc4c3=O)CC2)cc1OCC. The molecule has 2 aromatic carbocycles. The van der Waals surface area contributed by atoms with Crippen LogP contribution in [0.15, 0.2) is 41.5 Å². The predicted molar refractivity (Wildman–Crippen MR) is 154 cm³/mol. The first-order valence-corrected chi connectivity index (χ1v) is 14.4. The number of nitrogens with zero attached hydrogens (tertiary/aromatic N) is 3. The lowest BCUT2D eigenvalue weighted by Crippen LogP contribution is -2.41. The molecule has 1 aliphatic heterocycles. The van der Waals surface area contributed by atoms with Gasteiger partial charge in [0.25, 0.3) is 11.5 Å². The molecule has 40 heavy (non-hydrogen) atoms. The van der Waals surface area contributed by atoms with Crippen LogP contribution in [0.3, 0.4) is 0 Å². The molecular formula is C31H38N4O5. The number of likely N-dealkylation sites (tertiary alicyclic amines) is 1. The summed E-state index contributed by atoms with van der Waals surface area (Å²) in [6, 6.07) is 9.05. The van der Waals surface area contributed by atoms with E-state index in [1.807, 2.05) is 39.0 Å². The molecule has 2 heterocycles. The maximum Gasteiger partial charge on any atom is 0.261 e. The molecule has 2 aliphatic rings. The van der Waals surface area contributed by atoms with Crippen molar-refractivity contribution in [2.24, 2.45) is 5.92 Å². The highest BCUT2D eigenvalue weighted by molar-refractivity contribution is 6.05. The number of hydrogen-bond acceptors (Lipinski definition) is 6. The lowest BCUT2D eigenvalue weighted by Gasteiger charge is -2.33. The van der Waals surface area contributed by atoms with Crippen LogP contribution in [0.4, 0.5) is 5.69 Å². The fourth-order valence-electron chi connectivity index (χ4n) is 5.83. The molecule has 3 aromatic rings. The van der Waals surface area contributed by atoms with Crippen LogP contribution in [0.2, 0.25) is 0 Å². The van der Waals surface area contributed by atoms with E-state index in [9.17, 15) is 14.4 Å². The minimum absolute atomic E-state index is 0.0431. The summed E-state index contributed by atoms with van der Waals surface area (Å²) >= 11 is 0. The van der Waals surface area contributed by atoms with Gasteiger partial charge >= 0.3 is 0 Å². The summed E-state index contributed by atoms with van der Waals surface area (Å²) in [5.74, 6) is 0.697. The molecule has 1 N–H and O–H groups in total. The van der Waals surface area contributed by atoms with Crippen LogP contribution in [0.5, 0.6) is 11.5 Å². The standard InChI is InChI=1S/C31H38N4O5/c1-4-39-27-17-24(26(18-28(27)40-5-2)33-29(36)21-8-6-7-9-21)30(37)34-14-12-22(13-15-34)35-19-32-25-11-10-20(3)16-23(25)31(35)38/h10-11,16-19,21-22H,4-9,12-15H2,1-3H3,(H,33,36). The van der Waals surface area contributed by atoms with Crippen molar-refractivity contribution in [2.45, 2.75) is 65.3 Å².